The summed E-state index contributed by atoms with van der Waals surface area (Å²) in [4.78, 5) is 17.5. The molecule has 1 amide bonds. The predicted octanol–water partition coefficient (Wildman–Crippen LogP) is 4.37. The number of rotatable bonds is 3. The molecule has 104 valence electrons. The van der Waals surface area contributed by atoms with Gasteiger partial charge in [0.1, 0.15) is 9.88 Å². The van der Waals surface area contributed by atoms with Crippen molar-refractivity contribution in [2.45, 2.75) is 6.92 Å². The number of thiazole rings is 1. The van der Waals surface area contributed by atoms with Gasteiger partial charge in [0.2, 0.25) is 0 Å². The smallest absolute Gasteiger partial charge is 0.267 e. The number of para-hydroxylation sites is 1. The Morgan fingerprint density at radius 3 is 2.29 bits per heavy atom. The quantitative estimate of drug-likeness (QED) is 0.779. The van der Waals surface area contributed by atoms with Crippen molar-refractivity contribution in [3.8, 4) is 10.6 Å². The predicted molar refractivity (Wildman–Crippen MR) is 86.7 cm³/mol. The van der Waals surface area contributed by atoms with E-state index in [0.29, 0.717) is 4.88 Å². The van der Waals surface area contributed by atoms with Crippen LogP contribution in [0.2, 0.25) is 0 Å². The van der Waals surface area contributed by atoms with Gasteiger partial charge in [-0.1, -0.05) is 48.5 Å². The van der Waals surface area contributed by atoms with Crippen LogP contribution in [0.3, 0.4) is 0 Å². The molecule has 0 bridgehead atoms. The van der Waals surface area contributed by atoms with Crippen LogP contribution in [0.15, 0.2) is 60.7 Å². The highest BCUT2D eigenvalue weighted by atomic mass is 32.1. The molecule has 0 fully saturated rings. The number of carbonyl (C=O) groups excluding carboxylic acids is 1. The maximum atomic E-state index is 12.3. The number of amides is 1. The fourth-order valence-electron chi connectivity index (χ4n) is 2.02. The van der Waals surface area contributed by atoms with Crippen LogP contribution in [0.1, 0.15) is 15.4 Å². The summed E-state index contributed by atoms with van der Waals surface area (Å²) in [5, 5.41) is 3.76. The monoisotopic (exact) mass is 294 g/mol. The lowest BCUT2D eigenvalue weighted by Crippen LogP contribution is -2.11. The van der Waals surface area contributed by atoms with Gasteiger partial charge in [0, 0.05) is 11.3 Å². The summed E-state index contributed by atoms with van der Waals surface area (Å²) in [7, 11) is 0. The molecule has 0 radical (unpaired) electrons. The number of hydrogen-bond donors (Lipinski definition) is 1. The minimum absolute atomic E-state index is 0.113. The third-order valence-corrected chi connectivity index (χ3v) is 4.26. The fourth-order valence-corrected chi connectivity index (χ4v) is 2.99. The Bertz CT molecular complexity index is 751. The standard InChI is InChI=1S/C17H14N2OS/c1-12-15(16(20)19-14-10-6-3-7-11-14)21-17(18-12)13-8-4-2-5-9-13/h2-11H,1H3,(H,19,20). The largest absolute Gasteiger partial charge is 0.321 e. The van der Waals surface area contributed by atoms with Gasteiger partial charge in [-0.3, -0.25) is 4.79 Å². The maximum absolute atomic E-state index is 12.3. The number of anilines is 1. The van der Waals surface area contributed by atoms with Gasteiger partial charge < -0.3 is 5.32 Å². The number of hydrogen-bond acceptors (Lipinski definition) is 3. The second-order valence-electron chi connectivity index (χ2n) is 4.62. The summed E-state index contributed by atoms with van der Waals surface area (Å²) >= 11 is 1.42. The van der Waals surface area contributed by atoms with E-state index in [2.05, 4.69) is 10.3 Å². The zero-order chi connectivity index (χ0) is 14.7. The molecule has 2 aromatic carbocycles. The second kappa shape index (κ2) is 5.89. The Hall–Kier alpha value is -2.46. The Morgan fingerprint density at radius 2 is 1.62 bits per heavy atom. The molecule has 3 aromatic rings. The van der Waals surface area contributed by atoms with Gasteiger partial charge in [-0.15, -0.1) is 11.3 Å². The molecule has 0 spiro atoms. The van der Waals surface area contributed by atoms with E-state index in [9.17, 15) is 4.79 Å². The third-order valence-electron chi connectivity index (χ3n) is 3.06. The summed E-state index contributed by atoms with van der Waals surface area (Å²) in [5.74, 6) is -0.113. The van der Waals surface area contributed by atoms with Crippen LogP contribution >= 0.6 is 11.3 Å². The first-order valence-corrected chi connectivity index (χ1v) is 7.45. The molecule has 4 heteroatoms. The van der Waals surface area contributed by atoms with E-state index in [4.69, 9.17) is 0 Å². The maximum Gasteiger partial charge on any atom is 0.267 e. The molecule has 21 heavy (non-hydrogen) atoms. The third kappa shape index (κ3) is 3.01. The van der Waals surface area contributed by atoms with Crippen LogP contribution in [0.5, 0.6) is 0 Å². The van der Waals surface area contributed by atoms with E-state index in [0.717, 1.165) is 22.0 Å². The minimum atomic E-state index is -0.113. The van der Waals surface area contributed by atoms with Crippen molar-refractivity contribution < 1.29 is 4.79 Å². The number of carbonyl (C=O) groups is 1. The lowest BCUT2D eigenvalue weighted by Gasteiger charge is -2.02. The van der Waals surface area contributed by atoms with E-state index in [1.807, 2.05) is 67.6 Å². The average Bonchev–Trinajstić information content (AvgIpc) is 2.91. The highest BCUT2D eigenvalue weighted by Crippen LogP contribution is 2.28. The van der Waals surface area contributed by atoms with Crippen molar-refractivity contribution in [2.75, 3.05) is 5.32 Å². The van der Waals surface area contributed by atoms with Crippen molar-refractivity contribution in [2.24, 2.45) is 0 Å². The molecule has 3 rings (SSSR count). The molecule has 1 N–H and O–H groups in total. The summed E-state index contributed by atoms with van der Waals surface area (Å²) < 4.78 is 0. The van der Waals surface area contributed by atoms with Crippen molar-refractivity contribution in [3.63, 3.8) is 0 Å². The highest BCUT2D eigenvalue weighted by Gasteiger charge is 2.16. The molecule has 0 aliphatic heterocycles. The number of benzene rings is 2. The van der Waals surface area contributed by atoms with Crippen molar-refractivity contribution in [1.29, 1.82) is 0 Å². The number of aromatic nitrogens is 1. The van der Waals surface area contributed by atoms with E-state index in [-0.39, 0.29) is 5.91 Å². The zero-order valence-electron chi connectivity index (χ0n) is 11.5. The molecule has 0 unspecified atom stereocenters. The fraction of sp³-hybridized carbons (Fsp3) is 0.0588. The molecular formula is C17H14N2OS. The molecule has 0 saturated carbocycles. The van der Waals surface area contributed by atoms with E-state index in [1.54, 1.807) is 0 Å². The summed E-state index contributed by atoms with van der Waals surface area (Å²) in [6, 6.07) is 19.3. The lowest BCUT2D eigenvalue weighted by molar-refractivity contribution is 0.103. The molecule has 0 atom stereocenters. The first kappa shape index (κ1) is 13.5. The molecular weight excluding hydrogens is 280 g/mol. The zero-order valence-corrected chi connectivity index (χ0v) is 12.4. The van der Waals surface area contributed by atoms with E-state index >= 15 is 0 Å². The Morgan fingerprint density at radius 1 is 1.00 bits per heavy atom. The first-order valence-electron chi connectivity index (χ1n) is 6.63. The van der Waals surface area contributed by atoms with Gasteiger partial charge in [0.15, 0.2) is 0 Å². The van der Waals surface area contributed by atoms with E-state index < -0.39 is 0 Å². The summed E-state index contributed by atoms with van der Waals surface area (Å²) in [5.41, 5.74) is 2.58. The normalized spacial score (nSPS) is 10.3. The van der Waals surface area contributed by atoms with E-state index in [1.165, 1.54) is 11.3 Å². The first-order chi connectivity index (χ1) is 10.2. The number of nitrogens with one attached hydrogen (secondary N) is 1. The van der Waals surface area contributed by atoms with Crippen molar-refractivity contribution >= 4 is 22.9 Å². The molecule has 0 aliphatic carbocycles. The summed E-state index contributed by atoms with van der Waals surface area (Å²) in [6.07, 6.45) is 0. The Labute approximate surface area is 127 Å². The molecule has 1 heterocycles. The average molecular weight is 294 g/mol. The van der Waals surface area contributed by atoms with Gasteiger partial charge in [-0.2, -0.15) is 0 Å². The van der Waals surface area contributed by atoms with Crippen LogP contribution in [0.25, 0.3) is 10.6 Å². The van der Waals surface area contributed by atoms with Crippen LogP contribution in [0.4, 0.5) is 5.69 Å². The Kier molecular flexibility index (Phi) is 3.79. The molecule has 0 saturated heterocycles. The van der Waals surface area contributed by atoms with Gasteiger partial charge >= 0.3 is 0 Å². The molecule has 0 aliphatic rings. The summed E-state index contributed by atoms with van der Waals surface area (Å²) in [6.45, 7) is 1.86. The molecule has 3 nitrogen and oxygen atoms in total. The lowest BCUT2D eigenvalue weighted by atomic mass is 10.2. The number of nitrogens with zero attached hydrogens (tertiary/aromatic N) is 1. The van der Waals surface area contributed by atoms with Gasteiger partial charge in [0.25, 0.3) is 5.91 Å². The van der Waals surface area contributed by atoms with Crippen LogP contribution in [0, 0.1) is 6.92 Å². The molecule has 1 aromatic heterocycles. The number of aryl methyl sites for hydroxylation is 1. The van der Waals surface area contributed by atoms with Crippen molar-refractivity contribution in [1.82, 2.24) is 4.98 Å². The van der Waals surface area contributed by atoms with Crippen LogP contribution < -0.4 is 5.32 Å². The topological polar surface area (TPSA) is 42.0 Å². The SMILES string of the molecule is Cc1nc(-c2ccccc2)sc1C(=O)Nc1ccccc1. The van der Waals surface area contributed by atoms with Crippen molar-refractivity contribution in [3.05, 3.63) is 71.2 Å². The van der Waals surface area contributed by atoms with Gasteiger partial charge in [-0.05, 0) is 19.1 Å². The second-order valence-corrected chi connectivity index (χ2v) is 5.62. The Balaban J connectivity index is 1.86. The van der Waals surface area contributed by atoms with Gasteiger partial charge in [0.05, 0.1) is 5.69 Å². The van der Waals surface area contributed by atoms with Gasteiger partial charge in [-0.25, -0.2) is 4.98 Å². The van der Waals surface area contributed by atoms with Crippen LogP contribution in [-0.4, -0.2) is 10.9 Å². The highest BCUT2D eigenvalue weighted by molar-refractivity contribution is 7.17. The van der Waals surface area contributed by atoms with Crippen LogP contribution in [-0.2, 0) is 0 Å². The minimum Gasteiger partial charge on any atom is -0.321 e.